The van der Waals surface area contributed by atoms with Gasteiger partial charge in [-0.15, -0.1) is 0 Å². The van der Waals surface area contributed by atoms with Crippen LogP contribution in [0.2, 0.25) is 0 Å². The summed E-state index contributed by atoms with van der Waals surface area (Å²) in [6, 6.07) is 6.36. The van der Waals surface area contributed by atoms with Crippen LogP contribution in [0, 0.1) is 16.7 Å². The van der Waals surface area contributed by atoms with Crippen molar-refractivity contribution in [2.75, 3.05) is 36.8 Å². The largest absolute Gasteiger partial charge is 0.354 e. The molecule has 1 aromatic heterocycles. The fourth-order valence-electron chi connectivity index (χ4n) is 3.67. The molecule has 1 atom stereocenters. The van der Waals surface area contributed by atoms with Gasteiger partial charge in [-0.25, -0.2) is 13.4 Å². The smallest absolute Gasteiger partial charge is 0.244 e. The standard InChI is InChI=1S/C22H32N6O4S/c1-21(2,3)14-19(29)25-17(20(30)26-22(16-23)7-8-22)15-33(31,32)28-12-10-27(11-13-28)18-6-4-5-9-24-18/h4-6,9,17H,7-8,10-15H2,1-3H3,(H,25,29)(H,26,30)/t17-/m0/s1. The molecule has 2 fully saturated rings. The van der Waals surface area contributed by atoms with Gasteiger partial charge in [-0.1, -0.05) is 26.8 Å². The van der Waals surface area contributed by atoms with E-state index in [1.165, 1.54) is 4.31 Å². The van der Waals surface area contributed by atoms with E-state index in [2.05, 4.69) is 21.7 Å². The third kappa shape index (κ3) is 6.88. The average molecular weight is 477 g/mol. The van der Waals surface area contributed by atoms with Crippen molar-refractivity contribution in [2.24, 2.45) is 5.41 Å². The molecular formula is C22H32N6O4S. The number of aromatic nitrogens is 1. The predicted octanol–water partition coefficient (Wildman–Crippen LogP) is 0.627. The maximum Gasteiger partial charge on any atom is 0.244 e. The molecule has 2 N–H and O–H groups in total. The van der Waals surface area contributed by atoms with E-state index in [1.54, 1.807) is 6.20 Å². The topological polar surface area (TPSA) is 136 Å². The fourth-order valence-corrected chi connectivity index (χ4v) is 5.26. The molecule has 1 aromatic rings. The summed E-state index contributed by atoms with van der Waals surface area (Å²) in [4.78, 5) is 31.7. The molecule has 180 valence electrons. The Bertz CT molecular complexity index is 1000. The van der Waals surface area contributed by atoms with Crippen molar-refractivity contribution in [1.29, 1.82) is 5.26 Å². The number of carbonyl (C=O) groups excluding carboxylic acids is 2. The van der Waals surface area contributed by atoms with Crippen LogP contribution >= 0.6 is 0 Å². The Hall–Kier alpha value is -2.71. The summed E-state index contributed by atoms with van der Waals surface area (Å²) < 4.78 is 27.7. The zero-order valence-corrected chi connectivity index (χ0v) is 20.2. The van der Waals surface area contributed by atoms with Gasteiger partial charge in [-0.2, -0.15) is 9.57 Å². The molecule has 10 nitrogen and oxygen atoms in total. The molecule has 1 saturated heterocycles. The summed E-state index contributed by atoms with van der Waals surface area (Å²) in [6.45, 7) is 7.11. The van der Waals surface area contributed by atoms with Gasteiger partial charge in [0.25, 0.3) is 0 Å². The SMILES string of the molecule is CC(C)(C)CC(=O)N[C@@H](CS(=O)(=O)N1CCN(c2ccccn2)CC1)C(=O)NC1(C#N)CC1. The van der Waals surface area contributed by atoms with Crippen molar-refractivity contribution in [2.45, 2.75) is 51.6 Å². The van der Waals surface area contributed by atoms with Crippen LogP contribution in [-0.4, -0.2) is 73.0 Å². The minimum absolute atomic E-state index is 0.142. The molecule has 1 aliphatic carbocycles. The van der Waals surface area contributed by atoms with Crippen LogP contribution in [0.5, 0.6) is 0 Å². The molecule has 0 spiro atoms. The number of nitriles is 1. The number of sulfonamides is 1. The van der Waals surface area contributed by atoms with Crippen LogP contribution in [0.25, 0.3) is 0 Å². The highest BCUT2D eigenvalue weighted by atomic mass is 32.2. The summed E-state index contributed by atoms with van der Waals surface area (Å²) in [6.07, 6.45) is 2.86. The number of pyridine rings is 1. The summed E-state index contributed by atoms with van der Waals surface area (Å²) in [5, 5.41) is 14.5. The van der Waals surface area contributed by atoms with Gasteiger partial charge in [0.1, 0.15) is 17.4 Å². The maximum absolute atomic E-state index is 13.2. The molecule has 3 rings (SSSR count). The number of hydrogen-bond acceptors (Lipinski definition) is 7. The van der Waals surface area contributed by atoms with E-state index in [0.29, 0.717) is 25.9 Å². The summed E-state index contributed by atoms with van der Waals surface area (Å²) in [7, 11) is -3.84. The lowest BCUT2D eigenvalue weighted by Gasteiger charge is -2.35. The van der Waals surface area contributed by atoms with E-state index < -0.39 is 39.2 Å². The monoisotopic (exact) mass is 476 g/mol. The van der Waals surface area contributed by atoms with Crippen LogP contribution in [-0.2, 0) is 19.6 Å². The Morgan fingerprint density at radius 2 is 1.88 bits per heavy atom. The van der Waals surface area contributed by atoms with Crippen LogP contribution in [0.3, 0.4) is 0 Å². The van der Waals surface area contributed by atoms with Gasteiger partial charge in [0.2, 0.25) is 21.8 Å². The third-order valence-electron chi connectivity index (χ3n) is 5.65. The van der Waals surface area contributed by atoms with Crippen molar-refractivity contribution < 1.29 is 18.0 Å². The number of nitrogens with one attached hydrogen (secondary N) is 2. The van der Waals surface area contributed by atoms with E-state index in [-0.39, 0.29) is 24.9 Å². The second kappa shape index (κ2) is 9.65. The molecule has 1 aliphatic heterocycles. The minimum atomic E-state index is -3.84. The van der Waals surface area contributed by atoms with Gasteiger partial charge in [-0.3, -0.25) is 9.59 Å². The number of carbonyl (C=O) groups is 2. The first-order valence-electron chi connectivity index (χ1n) is 11.1. The van der Waals surface area contributed by atoms with Gasteiger partial charge < -0.3 is 15.5 Å². The highest BCUT2D eigenvalue weighted by Gasteiger charge is 2.46. The Morgan fingerprint density at radius 1 is 1.21 bits per heavy atom. The Balaban J connectivity index is 1.67. The molecular weight excluding hydrogens is 444 g/mol. The number of nitrogens with zero attached hydrogens (tertiary/aromatic N) is 4. The third-order valence-corrected chi connectivity index (χ3v) is 7.56. The van der Waals surface area contributed by atoms with Crippen molar-refractivity contribution in [3.63, 3.8) is 0 Å². The summed E-state index contributed by atoms with van der Waals surface area (Å²) in [5.41, 5.74) is -1.28. The van der Waals surface area contributed by atoms with Gasteiger partial charge in [0, 0.05) is 38.8 Å². The van der Waals surface area contributed by atoms with Crippen molar-refractivity contribution in [1.82, 2.24) is 19.9 Å². The minimum Gasteiger partial charge on any atom is -0.354 e. The van der Waals surface area contributed by atoms with Gasteiger partial charge in [0.15, 0.2) is 0 Å². The lowest BCUT2D eigenvalue weighted by atomic mass is 9.92. The number of anilines is 1. The molecule has 2 heterocycles. The van der Waals surface area contributed by atoms with Crippen LogP contribution in [0.15, 0.2) is 24.4 Å². The highest BCUT2D eigenvalue weighted by Crippen LogP contribution is 2.34. The van der Waals surface area contributed by atoms with E-state index in [9.17, 15) is 23.3 Å². The predicted molar refractivity (Wildman–Crippen MR) is 124 cm³/mol. The first kappa shape index (κ1) is 24.9. The molecule has 0 aromatic carbocycles. The second-order valence-electron chi connectivity index (χ2n) is 9.89. The lowest BCUT2D eigenvalue weighted by Crippen LogP contribution is -2.56. The highest BCUT2D eigenvalue weighted by molar-refractivity contribution is 7.89. The number of piperazine rings is 1. The first-order chi connectivity index (χ1) is 15.4. The quantitative estimate of drug-likeness (QED) is 0.562. The normalized spacial score (nSPS) is 19.3. The maximum atomic E-state index is 13.2. The van der Waals surface area contributed by atoms with Crippen molar-refractivity contribution in [3.05, 3.63) is 24.4 Å². The summed E-state index contributed by atoms with van der Waals surface area (Å²) >= 11 is 0. The van der Waals surface area contributed by atoms with Crippen LogP contribution in [0.1, 0.15) is 40.0 Å². The Labute approximate surface area is 195 Å². The molecule has 0 bridgehead atoms. The number of hydrogen-bond donors (Lipinski definition) is 2. The van der Waals surface area contributed by atoms with E-state index in [0.717, 1.165) is 5.82 Å². The molecule has 2 amide bonds. The zero-order chi connectivity index (χ0) is 24.3. The van der Waals surface area contributed by atoms with Crippen LogP contribution in [0.4, 0.5) is 5.82 Å². The second-order valence-corrected chi connectivity index (χ2v) is 11.9. The molecule has 11 heteroatoms. The van der Waals surface area contributed by atoms with Gasteiger partial charge in [-0.05, 0) is 30.4 Å². The Kier molecular flexibility index (Phi) is 7.29. The average Bonchev–Trinajstić information content (AvgIpc) is 3.52. The molecule has 0 radical (unpaired) electrons. The summed E-state index contributed by atoms with van der Waals surface area (Å²) in [5.74, 6) is -0.820. The lowest BCUT2D eigenvalue weighted by molar-refractivity contribution is -0.129. The Morgan fingerprint density at radius 3 is 2.39 bits per heavy atom. The number of rotatable bonds is 8. The van der Waals surface area contributed by atoms with E-state index >= 15 is 0 Å². The van der Waals surface area contributed by atoms with Gasteiger partial charge >= 0.3 is 0 Å². The molecule has 1 saturated carbocycles. The van der Waals surface area contributed by atoms with Crippen molar-refractivity contribution in [3.8, 4) is 6.07 Å². The molecule has 2 aliphatic rings. The van der Waals surface area contributed by atoms with Crippen LogP contribution < -0.4 is 15.5 Å². The molecule has 0 unspecified atom stereocenters. The van der Waals surface area contributed by atoms with Gasteiger partial charge in [0.05, 0.1) is 11.8 Å². The zero-order valence-electron chi connectivity index (χ0n) is 19.4. The van der Waals surface area contributed by atoms with E-state index in [4.69, 9.17) is 0 Å². The molecule has 33 heavy (non-hydrogen) atoms. The van der Waals surface area contributed by atoms with Crippen molar-refractivity contribution >= 4 is 27.7 Å². The fraction of sp³-hybridized carbons (Fsp3) is 0.636. The number of amides is 2. The van der Waals surface area contributed by atoms with E-state index in [1.807, 2.05) is 43.9 Å². The first-order valence-corrected chi connectivity index (χ1v) is 12.7.